The van der Waals surface area contributed by atoms with Crippen LogP contribution < -0.4 is 5.73 Å². The van der Waals surface area contributed by atoms with Crippen LogP contribution in [0.5, 0.6) is 0 Å². The number of hydrogen-bond donors (Lipinski definition) is 1. The summed E-state index contributed by atoms with van der Waals surface area (Å²) in [6, 6.07) is 4.40. The Bertz CT molecular complexity index is 389. The number of methoxy groups -OCH3 is 1. The van der Waals surface area contributed by atoms with Crippen LogP contribution in [0.2, 0.25) is 5.02 Å². The van der Waals surface area contributed by atoms with Gasteiger partial charge in [0.2, 0.25) is 0 Å². The molecule has 1 atom stereocenters. The van der Waals surface area contributed by atoms with Gasteiger partial charge in [-0.15, -0.1) is 0 Å². The van der Waals surface area contributed by atoms with E-state index < -0.39 is 11.5 Å². The van der Waals surface area contributed by atoms with Gasteiger partial charge in [0, 0.05) is 13.5 Å². The molecule has 1 aromatic carbocycles. The van der Waals surface area contributed by atoms with Crippen molar-refractivity contribution >= 4 is 11.6 Å². The van der Waals surface area contributed by atoms with Crippen LogP contribution in [0, 0.1) is 5.82 Å². The van der Waals surface area contributed by atoms with Gasteiger partial charge in [-0.1, -0.05) is 23.7 Å². The highest BCUT2D eigenvalue weighted by Crippen LogP contribution is 2.29. The molecule has 2 nitrogen and oxygen atoms in total. The Morgan fingerprint density at radius 1 is 1.44 bits per heavy atom. The summed E-state index contributed by atoms with van der Waals surface area (Å²) in [5.74, 6) is -0.534. The van der Waals surface area contributed by atoms with Gasteiger partial charge in [0.25, 0.3) is 0 Å². The molecule has 0 heterocycles. The largest absolute Gasteiger partial charge is 0.381 e. The molecule has 0 aliphatic carbocycles. The Labute approximate surface area is 111 Å². The fourth-order valence-corrected chi connectivity index (χ4v) is 2.11. The van der Waals surface area contributed by atoms with E-state index in [4.69, 9.17) is 22.1 Å². The average Bonchev–Trinajstić information content (AvgIpc) is 2.33. The first kappa shape index (κ1) is 15.3. The highest BCUT2D eigenvalue weighted by atomic mass is 35.5. The first-order chi connectivity index (χ1) is 8.52. The summed E-state index contributed by atoms with van der Waals surface area (Å²) in [6.07, 6.45) is 0.842. The molecule has 0 saturated carbocycles. The fourth-order valence-electron chi connectivity index (χ4n) is 1.92. The predicted molar refractivity (Wildman–Crippen MR) is 69.1 cm³/mol. The highest BCUT2D eigenvalue weighted by molar-refractivity contribution is 6.31. The molecule has 1 unspecified atom stereocenters. The maximum Gasteiger partial charge on any atom is 0.142 e. The van der Waals surface area contributed by atoms with Gasteiger partial charge in [-0.2, -0.15) is 0 Å². The minimum atomic E-state index is -1.56. The zero-order valence-corrected chi connectivity index (χ0v) is 11.1. The minimum Gasteiger partial charge on any atom is -0.381 e. The van der Waals surface area contributed by atoms with Crippen molar-refractivity contribution in [3.63, 3.8) is 0 Å². The van der Waals surface area contributed by atoms with Crippen LogP contribution in [0.3, 0.4) is 0 Å². The van der Waals surface area contributed by atoms with Crippen molar-refractivity contribution in [2.45, 2.75) is 24.9 Å². The Morgan fingerprint density at radius 3 is 2.78 bits per heavy atom. The monoisotopic (exact) mass is 277 g/mol. The van der Waals surface area contributed by atoms with Crippen molar-refractivity contribution in [1.82, 2.24) is 0 Å². The summed E-state index contributed by atoms with van der Waals surface area (Å²) in [5, 5.41) is -0.0247. The standard InChI is InChI=1S/C13H18ClF2NO/c1-18-9-13(16,6-3-7-17)8-10-4-2-5-11(15)12(10)14/h2,4-5H,3,6-9,17H2,1H3. The molecule has 0 fully saturated rings. The Morgan fingerprint density at radius 2 is 2.17 bits per heavy atom. The Hall–Kier alpha value is -0.710. The van der Waals surface area contributed by atoms with Crippen molar-refractivity contribution in [3.8, 4) is 0 Å². The molecule has 1 rings (SSSR count). The molecule has 102 valence electrons. The second-order valence-electron chi connectivity index (χ2n) is 4.37. The third kappa shape index (κ3) is 4.19. The van der Waals surface area contributed by atoms with Gasteiger partial charge < -0.3 is 10.5 Å². The van der Waals surface area contributed by atoms with Crippen LogP contribution in [-0.4, -0.2) is 25.9 Å². The molecule has 0 spiro atoms. The molecule has 1 aromatic rings. The van der Waals surface area contributed by atoms with E-state index in [0.717, 1.165) is 0 Å². The van der Waals surface area contributed by atoms with E-state index in [1.165, 1.54) is 19.2 Å². The molecule has 2 N–H and O–H groups in total. The summed E-state index contributed by atoms with van der Waals surface area (Å²) in [6.45, 7) is 0.353. The van der Waals surface area contributed by atoms with E-state index in [1.807, 2.05) is 0 Å². The van der Waals surface area contributed by atoms with Crippen molar-refractivity contribution < 1.29 is 13.5 Å². The lowest BCUT2D eigenvalue weighted by Gasteiger charge is -2.25. The zero-order valence-electron chi connectivity index (χ0n) is 10.4. The van der Waals surface area contributed by atoms with Crippen LogP contribution in [0.4, 0.5) is 8.78 Å². The SMILES string of the molecule is COCC(F)(CCCN)Cc1cccc(F)c1Cl. The van der Waals surface area contributed by atoms with Gasteiger partial charge in [-0.05, 0) is 31.0 Å². The Balaban J connectivity index is 2.85. The minimum absolute atomic E-state index is 0.0247. The summed E-state index contributed by atoms with van der Waals surface area (Å²) >= 11 is 5.83. The summed E-state index contributed by atoms with van der Waals surface area (Å²) < 4.78 is 32.8. The number of halogens is 3. The maximum absolute atomic E-state index is 14.6. The average molecular weight is 278 g/mol. The highest BCUT2D eigenvalue weighted by Gasteiger charge is 2.30. The molecule has 0 aliphatic rings. The van der Waals surface area contributed by atoms with Crippen LogP contribution in [0.1, 0.15) is 18.4 Å². The van der Waals surface area contributed by atoms with Crippen molar-refractivity contribution in [3.05, 3.63) is 34.6 Å². The van der Waals surface area contributed by atoms with Crippen LogP contribution in [0.15, 0.2) is 18.2 Å². The molecule has 0 aliphatic heterocycles. The van der Waals surface area contributed by atoms with Gasteiger partial charge in [0.1, 0.15) is 11.5 Å². The first-order valence-electron chi connectivity index (χ1n) is 5.83. The van der Waals surface area contributed by atoms with Gasteiger partial charge in [-0.25, -0.2) is 8.78 Å². The lowest BCUT2D eigenvalue weighted by atomic mass is 9.92. The van der Waals surface area contributed by atoms with E-state index in [2.05, 4.69) is 0 Å². The third-order valence-corrected chi connectivity index (χ3v) is 3.19. The van der Waals surface area contributed by atoms with E-state index >= 15 is 0 Å². The fraction of sp³-hybridized carbons (Fsp3) is 0.538. The predicted octanol–water partition coefficient (Wildman–Crippen LogP) is 3.12. The third-order valence-electron chi connectivity index (χ3n) is 2.77. The zero-order chi connectivity index (χ0) is 13.6. The lowest BCUT2D eigenvalue weighted by molar-refractivity contribution is 0.0334. The lowest BCUT2D eigenvalue weighted by Crippen LogP contribution is -2.32. The van der Waals surface area contributed by atoms with Crippen molar-refractivity contribution in [1.29, 1.82) is 0 Å². The van der Waals surface area contributed by atoms with Gasteiger partial charge >= 0.3 is 0 Å². The van der Waals surface area contributed by atoms with Crippen LogP contribution >= 0.6 is 11.6 Å². The number of rotatable bonds is 7. The van der Waals surface area contributed by atoms with Crippen molar-refractivity contribution in [2.24, 2.45) is 5.73 Å². The second kappa shape index (κ2) is 7.02. The second-order valence-corrected chi connectivity index (χ2v) is 4.74. The quantitative estimate of drug-likeness (QED) is 0.831. The molecule has 0 amide bonds. The number of benzene rings is 1. The summed E-state index contributed by atoms with van der Waals surface area (Å²) in [5.41, 5.74) is 4.27. The molecule has 0 aromatic heterocycles. The van der Waals surface area contributed by atoms with E-state index in [9.17, 15) is 8.78 Å². The normalized spacial score (nSPS) is 14.5. The van der Waals surface area contributed by atoms with Gasteiger partial charge in [0.05, 0.1) is 11.6 Å². The smallest absolute Gasteiger partial charge is 0.142 e. The van der Waals surface area contributed by atoms with E-state index in [-0.39, 0.29) is 24.5 Å². The first-order valence-corrected chi connectivity index (χ1v) is 6.21. The number of alkyl halides is 1. The molecule has 0 saturated heterocycles. The molecule has 18 heavy (non-hydrogen) atoms. The number of ether oxygens (including phenoxy) is 1. The summed E-state index contributed by atoms with van der Waals surface area (Å²) in [7, 11) is 1.43. The maximum atomic E-state index is 14.6. The van der Waals surface area contributed by atoms with Gasteiger partial charge in [0.15, 0.2) is 0 Å². The van der Waals surface area contributed by atoms with Crippen LogP contribution in [-0.2, 0) is 11.2 Å². The number of hydrogen-bond acceptors (Lipinski definition) is 2. The Kier molecular flexibility index (Phi) is 5.99. The van der Waals surface area contributed by atoms with Crippen LogP contribution in [0.25, 0.3) is 0 Å². The molecule has 5 heteroatoms. The molecule has 0 bridgehead atoms. The molecular weight excluding hydrogens is 260 g/mol. The van der Waals surface area contributed by atoms with Crippen molar-refractivity contribution in [2.75, 3.05) is 20.3 Å². The van der Waals surface area contributed by atoms with E-state index in [0.29, 0.717) is 18.5 Å². The van der Waals surface area contributed by atoms with E-state index in [1.54, 1.807) is 6.07 Å². The van der Waals surface area contributed by atoms with Gasteiger partial charge in [-0.3, -0.25) is 0 Å². The molecule has 0 radical (unpaired) electrons. The summed E-state index contributed by atoms with van der Waals surface area (Å²) in [4.78, 5) is 0. The molecular formula is C13H18ClF2NO. The number of nitrogens with two attached hydrogens (primary N) is 1. The topological polar surface area (TPSA) is 35.2 Å².